The fourth-order valence-electron chi connectivity index (χ4n) is 4.12. The van der Waals surface area contributed by atoms with Gasteiger partial charge in [0, 0.05) is 11.6 Å². The zero-order valence-electron chi connectivity index (χ0n) is 15.5. The van der Waals surface area contributed by atoms with E-state index in [2.05, 4.69) is 6.08 Å². The minimum absolute atomic E-state index is 0.00138. The van der Waals surface area contributed by atoms with Crippen LogP contribution in [0.3, 0.4) is 0 Å². The third-order valence-corrected chi connectivity index (χ3v) is 5.50. The molecule has 2 aliphatic heterocycles. The standard InChI is InChI=1S/C23H21FN2O2/c24-22-9-6-17(12-18(22)10-11-25)19-13-20-7-8-21(14-19)26(20)23(27)28-15-16-4-2-1-3-5-16/h1-6,9,12-13,20-21H,7-8,10,14-15H2. The Kier molecular flexibility index (Phi) is 5.12. The van der Waals surface area contributed by atoms with Crippen LogP contribution >= 0.6 is 0 Å². The van der Waals surface area contributed by atoms with Gasteiger partial charge < -0.3 is 4.74 Å². The second-order valence-corrected chi connectivity index (χ2v) is 7.28. The molecule has 0 aliphatic carbocycles. The molecule has 2 heterocycles. The van der Waals surface area contributed by atoms with Gasteiger partial charge in [0.2, 0.25) is 0 Å². The van der Waals surface area contributed by atoms with Gasteiger partial charge in [-0.25, -0.2) is 9.18 Å². The Morgan fingerprint density at radius 2 is 2.04 bits per heavy atom. The molecule has 2 aromatic rings. The lowest BCUT2D eigenvalue weighted by molar-refractivity contribution is 0.0832. The van der Waals surface area contributed by atoms with Crippen LogP contribution in [0.5, 0.6) is 0 Å². The molecular formula is C23H21FN2O2. The number of halogens is 1. The fourth-order valence-corrected chi connectivity index (χ4v) is 4.12. The molecule has 1 amide bonds. The number of rotatable bonds is 4. The minimum Gasteiger partial charge on any atom is -0.445 e. The summed E-state index contributed by atoms with van der Waals surface area (Å²) >= 11 is 0. The average molecular weight is 376 g/mol. The quantitative estimate of drug-likeness (QED) is 0.767. The number of fused-ring (bicyclic) bond motifs is 2. The molecule has 1 fully saturated rings. The Bertz CT molecular complexity index is 949. The highest BCUT2D eigenvalue weighted by Crippen LogP contribution is 2.39. The SMILES string of the molecule is N#CCc1cc(C2=CC3CCC(C2)N3C(=O)OCc2ccccc2)ccc1F. The average Bonchev–Trinajstić information content (AvgIpc) is 2.98. The van der Waals surface area contributed by atoms with E-state index in [0.717, 1.165) is 29.5 Å². The number of hydrogen-bond donors (Lipinski definition) is 0. The molecule has 4 rings (SSSR count). The van der Waals surface area contributed by atoms with Gasteiger partial charge in [0.1, 0.15) is 12.4 Å². The summed E-state index contributed by atoms with van der Waals surface area (Å²) < 4.78 is 19.4. The van der Waals surface area contributed by atoms with Crippen molar-refractivity contribution in [1.29, 1.82) is 5.26 Å². The maximum atomic E-state index is 13.8. The molecule has 1 saturated heterocycles. The molecule has 0 aromatic heterocycles. The van der Waals surface area contributed by atoms with Crippen LogP contribution in [0.25, 0.3) is 5.57 Å². The van der Waals surface area contributed by atoms with Crippen molar-refractivity contribution in [3.63, 3.8) is 0 Å². The first kappa shape index (κ1) is 18.2. The first-order valence-corrected chi connectivity index (χ1v) is 9.51. The fraction of sp³-hybridized carbons (Fsp3) is 0.304. The van der Waals surface area contributed by atoms with Gasteiger partial charge in [-0.05, 0) is 48.1 Å². The summed E-state index contributed by atoms with van der Waals surface area (Å²) in [5, 5.41) is 8.88. The summed E-state index contributed by atoms with van der Waals surface area (Å²) in [7, 11) is 0. The highest BCUT2D eigenvalue weighted by Gasteiger charge is 2.40. The van der Waals surface area contributed by atoms with Crippen molar-refractivity contribution in [3.05, 3.63) is 77.1 Å². The van der Waals surface area contributed by atoms with E-state index >= 15 is 0 Å². The van der Waals surface area contributed by atoms with E-state index in [1.165, 1.54) is 6.07 Å². The predicted octanol–water partition coefficient (Wildman–Crippen LogP) is 4.85. The van der Waals surface area contributed by atoms with Crippen molar-refractivity contribution in [2.45, 2.75) is 44.4 Å². The molecule has 2 bridgehead atoms. The van der Waals surface area contributed by atoms with E-state index in [1.54, 1.807) is 12.1 Å². The molecule has 2 aliphatic rings. The monoisotopic (exact) mass is 376 g/mol. The second-order valence-electron chi connectivity index (χ2n) is 7.28. The molecule has 0 saturated carbocycles. The molecular weight excluding hydrogens is 355 g/mol. The third kappa shape index (κ3) is 3.63. The number of benzene rings is 2. The topological polar surface area (TPSA) is 53.3 Å². The number of nitriles is 1. The molecule has 0 radical (unpaired) electrons. The van der Waals surface area contributed by atoms with Crippen molar-refractivity contribution >= 4 is 11.7 Å². The van der Waals surface area contributed by atoms with Crippen LogP contribution in [-0.4, -0.2) is 23.1 Å². The van der Waals surface area contributed by atoms with Crippen LogP contribution in [0, 0.1) is 17.1 Å². The summed E-state index contributed by atoms with van der Waals surface area (Å²) in [5.41, 5.74) is 3.42. The largest absolute Gasteiger partial charge is 0.445 e. The summed E-state index contributed by atoms with van der Waals surface area (Å²) in [6.07, 6.45) is 4.41. The maximum absolute atomic E-state index is 13.8. The summed E-state index contributed by atoms with van der Waals surface area (Å²) in [6.45, 7) is 0.266. The van der Waals surface area contributed by atoms with Crippen molar-refractivity contribution in [2.24, 2.45) is 0 Å². The highest BCUT2D eigenvalue weighted by molar-refractivity contribution is 5.75. The Labute approximate surface area is 163 Å². The maximum Gasteiger partial charge on any atom is 0.410 e. The molecule has 4 nitrogen and oxygen atoms in total. The zero-order chi connectivity index (χ0) is 19.5. The van der Waals surface area contributed by atoms with Gasteiger partial charge in [0.25, 0.3) is 0 Å². The second kappa shape index (κ2) is 7.85. The van der Waals surface area contributed by atoms with Gasteiger partial charge in [-0.3, -0.25) is 4.90 Å². The van der Waals surface area contributed by atoms with E-state index in [9.17, 15) is 9.18 Å². The predicted molar refractivity (Wildman–Crippen MR) is 104 cm³/mol. The number of hydrogen-bond acceptors (Lipinski definition) is 3. The molecule has 28 heavy (non-hydrogen) atoms. The smallest absolute Gasteiger partial charge is 0.410 e. The van der Waals surface area contributed by atoms with Crippen molar-refractivity contribution in [1.82, 2.24) is 4.90 Å². The number of ether oxygens (including phenoxy) is 1. The van der Waals surface area contributed by atoms with E-state index in [1.807, 2.05) is 41.3 Å². The molecule has 2 unspecified atom stereocenters. The van der Waals surface area contributed by atoms with Crippen LogP contribution in [0.15, 0.2) is 54.6 Å². The van der Waals surface area contributed by atoms with Crippen LogP contribution in [0.4, 0.5) is 9.18 Å². The lowest BCUT2D eigenvalue weighted by Gasteiger charge is -2.33. The highest BCUT2D eigenvalue weighted by atomic mass is 19.1. The number of carbonyl (C=O) groups excluding carboxylic acids is 1. The van der Waals surface area contributed by atoms with Crippen molar-refractivity contribution in [2.75, 3.05) is 0 Å². The molecule has 0 N–H and O–H groups in total. The van der Waals surface area contributed by atoms with Crippen LogP contribution in [-0.2, 0) is 17.8 Å². The summed E-state index contributed by atoms with van der Waals surface area (Å²) in [4.78, 5) is 14.5. The number of nitrogens with zero attached hydrogens (tertiary/aromatic N) is 2. The zero-order valence-corrected chi connectivity index (χ0v) is 15.5. The Morgan fingerprint density at radius 1 is 1.21 bits per heavy atom. The van der Waals surface area contributed by atoms with E-state index in [4.69, 9.17) is 10.00 Å². The van der Waals surface area contributed by atoms with E-state index in [0.29, 0.717) is 12.0 Å². The summed E-state index contributed by atoms with van der Waals surface area (Å²) in [5.74, 6) is -0.351. The van der Waals surface area contributed by atoms with Crippen LogP contribution in [0.2, 0.25) is 0 Å². The van der Waals surface area contributed by atoms with E-state index in [-0.39, 0.29) is 37.0 Å². The first-order chi connectivity index (χ1) is 13.7. The minimum atomic E-state index is -0.351. The Morgan fingerprint density at radius 3 is 2.79 bits per heavy atom. The van der Waals surface area contributed by atoms with Gasteiger partial charge in [0.15, 0.2) is 0 Å². The molecule has 2 aromatic carbocycles. The van der Waals surface area contributed by atoms with Gasteiger partial charge in [-0.15, -0.1) is 0 Å². The lowest BCUT2D eigenvalue weighted by Crippen LogP contribution is -2.43. The van der Waals surface area contributed by atoms with Crippen LogP contribution < -0.4 is 0 Å². The van der Waals surface area contributed by atoms with E-state index < -0.39 is 0 Å². The molecule has 142 valence electrons. The number of carbonyl (C=O) groups is 1. The third-order valence-electron chi connectivity index (χ3n) is 5.50. The van der Waals surface area contributed by atoms with Crippen LogP contribution in [0.1, 0.15) is 36.0 Å². The number of amides is 1. The summed E-state index contributed by atoms with van der Waals surface area (Å²) in [6, 6.07) is 16.7. The van der Waals surface area contributed by atoms with Gasteiger partial charge in [-0.2, -0.15) is 5.26 Å². The lowest BCUT2D eigenvalue weighted by atomic mass is 9.93. The first-order valence-electron chi connectivity index (χ1n) is 9.51. The van der Waals surface area contributed by atoms with Crippen molar-refractivity contribution in [3.8, 4) is 6.07 Å². The normalized spacial score (nSPS) is 20.4. The molecule has 2 atom stereocenters. The Hall–Kier alpha value is -3.13. The van der Waals surface area contributed by atoms with Gasteiger partial charge in [-0.1, -0.05) is 42.5 Å². The Balaban J connectivity index is 1.48. The van der Waals surface area contributed by atoms with Gasteiger partial charge in [0.05, 0.1) is 18.5 Å². The van der Waals surface area contributed by atoms with Gasteiger partial charge >= 0.3 is 6.09 Å². The molecule has 0 spiro atoms. The van der Waals surface area contributed by atoms with Crippen molar-refractivity contribution < 1.29 is 13.9 Å². The molecule has 5 heteroatoms.